The summed E-state index contributed by atoms with van der Waals surface area (Å²) in [6.07, 6.45) is 9.90. The van der Waals surface area contributed by atoms with Crippen molar-refractivity contribution in [2.24, 2.45) is 0 Å². The molecule has 0 spiro atoms. The SMILES string of the molecule is CCc1nc2c(cnn2CC)c(NC2CCOCC2)c1CN(Cl)C(=O)c1ccc(NC(=O)CCCCCCCN(C)CCO)cc1. The number of aryl methyl sites for hydroxylation is 2. The summed E-state index contributed by atoms with van der Waals surface area (Å²) < 4.78 is 8.67. The van der Waals surface area contributed by atoms with Gasteiger partial charge in [-0.05, 0) is 76.9 Å². The van der Waals surface area contributed by atoms with Crippen molar-refractivity contribution in [3.05, 3.63) is 47.3 Å². The van der Waals surface area contributed by atoms with Gasteiger partial charge in [-0.1, -0.05) is 26.2 Å². The Morgan fingerprint density at radius 1 is 1.07 bits per heavy atom. The number of hydrogen-bond donors (Lipinski definition) is 3. The van der Waals surface area contributed by atoms with E-state index in [9.17, 15) is 9.59 Å². The molecule has 0 atom stereocenters. The van der Waals surface area contributed by atoms with Crippen LogP contribution in [0.2, 0.25) is 0 Å². The van der Waals surface area contributed by atoms with Gasteiger partial charge in [-0.15, -0.1) is 0 Å². The molecule has 0 aliphatic carbocycles. The number of rotatable bonds is 18. The van der Waals surface area contributed by atoms with Crippen molar-refractivity contribution in [2.75, 3.05) is 50.6 Å². The van der Waals surface area contributed by atoms with E-state index < -0.39 is 0 Å². The third kappa shape index (κ3) is 9.87. The highest BCUT2D eigenvalue weighted by Gasteiger charge is 2.24. The molecule has 1 aromatic carbocycles. The number of likely N-dealkylation sites (N-methyl/N-ethyl adjacent to an activating group) is 1. The number of unbranched alkanes of at least 4 members (excludes halogenated alkanes) is 4. The number of benzene rings is 1. The Labute approximate surface area is 277 Å². The fraction of sp³-hybridized carbons (Fsp3) is 0.588. The number of nitrogens with one attached hydrogen (secondary N) is 2. The molecule has 46 heavy (non-hydrogen) atoms. The van der Waals surface area contributed by atoms with Crippen LogP contribution in [0.1, 0.15) is 86.8 Å². The van der Waals surface area contributed by atoms with Gasteiger partial charge in [0.1, 0.15) is 0 Å². The third-order valence-electron chi connectivity index (χ3n) is 8.53. The molecule has 252 valence electrons. The van der Waals surface area contributed by atoms with Gasteiger partial charge in [0.25, 0.3) is 5.91 Å². The molecular formula is C34H50ClN7O4. The molecule has 1 aliphatic heterocycles. The summed E-state index contributed by atoms with van der Waals surface area (Å²) in [6, 6.07) is 7.10. The minimum Gasteiger partial charge on any atom is -0.395 e. The molecule has 3 heterocycles. The molecule has 0 unspecified atom stereocenters. The highest BCUT2D eigenvalue weighted by atomic mass is 35.5. The number of anilines is 2. The van der Waals surface area contributed by atoms with Crippen molar-refractivity contribution in [1.29, 1.82) is 0 Å². The lowest BCUT2D eigenvalue weighted by atomic mass is 10.0. The first kappa shape index (κ1) is 35.6. The van der Waals surface area contributed by atoms with Crippen LogP contribution in [0, 0.1) is 0 Å². The highest BCUT2D eigenvalue weighted by molar-refractivity contribution is 6.24. The van der Waals surface area contributed by atoms with Crippen LogP contribution < -0.4 is 10.6 Å². The Morgan fingerprint density at radius 2 is 1.78 bits per heavy atom. The third-order valence-corrected chi connectivity index (χ3v) is 8.81. The number of pyridine rings is 1. The Hall–Kier alpha value is -3.25. The lowest BCUT2D eigenvalue weighted by molar-refractivity contribution is -0.116. The van der Waals surface area contributed by atoms with Gasteiger partial charge < -0.3 is 25.4 Å². The minimum atomic E-state index is -0.328. The zero-order valence-electron chi connectivity index (χ0n) is 27.6. The van der Waals surface area contributed by atoms with Crippen LogP contribution in [0.15, 0.2) is 30.5 Å². The van der Waals surface area contributed by atoms with Crippen molar-refractivity contribution in [1.82, 2.24) is 24.1 Å². The molecular weight excluding hydrogens is 606 g/mol. The monoisotopic (exact) mass is 655 g/mol. The van der Waals surface area contributed by atoms with E-state index in [0.717, 1.165) is 79.5 Å². The quantitative estimate of drug-likeness (QED) is 0.119. The molecule has 0 radical (unpaired) electrons. The largest absolute Gasteiger partial charge is 0.395 e. The molecule has 2 amide bonds. The predicted octanol–water partition coefficient (Wildman–Crippen LogP) is 5.60. The van der Waals surface area contributed by atoms with Crippen molar-refractivity contribution in [3.63, 3.8) is 0 Å². The van der Waals surface area contributed by atoms with Gasteiger partial charge in [-0.3, -0.25) is 9.59 Å². The second-order valence-corrected chi connectivity index (χ2v) is 12.4. The zero-order chi connectivity index (χ0) is 32.9. The van der Waals surface area contributed by atoms with Gasteiger partial charge >= 0.3 is 0 Å². The molecule has 2 aromatic heterocycles. The van der Waals surface area contributed by atoms with Crippen molar-refractivity contribution >= 4 is 46.0 Å². The van der Waals surface area contributed by atoms with Crippen LogP contribution in [-0.2, 0) is 29.0 Å². The van der Waals surface area contributed by atoms with Gasteiger partial charge in [0.2, 0.25) is 5.91 Å². The van der Waals surface area contributed by atoms with Gasteiger partial charge in [-0.25, -0.2) is 14.1 Å². The van der Waals surface area contributed by atoms with Gasteiger partial charge in [-0.2, -0.15) is 5.10 Å². The summed E-state index contributed by atoms with van der Waals surface area (Å²) in [5.41, 5.74) is 4.59. The van der Waals surface area contributed by atoms with E-state index in [1.165, 1.54) is 4.42 Å². The molecule has 11 nitrogen and oxygen atoms in total. The zero-order valence-corrected chi connectivity index (χ0v) is 28.3. The summed E-state index contributed by atoms with van der Waals surface area (Å²) in [7, 11) is 2.02. The number of ether oxygens (including phenoxy) is 1. The van der Waals surface area contributed by atoms with Crippen molar-refractivity contribution in [2.45, 2.75) is 90.8 Å². The lowest BCUT2D eigenvalue weighted by Crippen LogP contribution is -2.29. The molecule has 4 rings (SSSR count). The fourth-order valence-electron chi connectivity index (χ4n) is 5.83. The normalized spacial score (nSPS) is 13.8. The number of aliphatic hydroxyl groups is 1. The van der Waals surface area contributed by atoms with Crippen LogP contribution in [0.3, 0.4) is 0 Å². The Morgan fingerprint density at radius 3 is 2.48 bits per heavy atom. The first-order valence-corrected chi connectivity index (χ1v) is 17.1. The fourth-order valence-corrected chi connectivity index (χ4v) is 6.05. The Balaban J connectivity index is 1.34. The van der Waals surface area contributed by atoms with E-state index in [2.05, 4.69) is 27.6 Å². The summed E-state index contributed by atoms with van der Waals surface area (Å²) in [6.45, 7) is 8.26. The van der Waals surface area contributed by atoms with Crippen LogP contribution in [0.5, 0.6) is 0 Å². The average Bonchev–Trinajstić information content (AvgIpc) is 3.48. The number of nitrogens with zero attached hydrogens (tertiary/aromatic N) is 5. The minimum absolute atomic E-state index is 0.0355. The molecule has 12 heteroatoms. The second-order valence-electron chi connectivity index (χ2n) is 12.0. The molecule has 3 aromatic rings. The van der Waals surface area contributed by atoms with Crippen LogP contribution in [-0.4, -0.2) is 87.0 Å². The Kier molecular flexibility index (Phi) is 14.1. The first-order chi connectivity index (χ1) is 22.3. The molecule has 0 bridgehead atoms. The lowest BCUT2D eigenvalue weighted by Gasteiger charge is -2.27. The van der Waals surface area contributed by atoms with Gasteiger partial charge in [0.05, 0.1) is 30.4 Å². The maximum atomic E-state index is 13.4. The second kappa shape index (κ2) is 18.2. The van der Waals surface area contributed by atoms with E-state index in [0.29, 0.717) is 50.4 Å². The molecule has 0 saturated carbocycles. The van der Waals surface area contributed by atoms with E-state index in [4.69, 9.17) is 26.6 Å². The number of aromatic nitrogens is 3. The number of amides is 2. The first-order valence-electron chi connectivity index (χ1n) is 16.7. The van der Waals surface area contributed by atoms with Crippen LogP contribution in [0.25, 0.3) is 11.0 Å². The van der Waals surface area contributed by atoms with Crippen LogP contribution >= 0.6 is 11.8 Å². The van der Waals surface area contributed by atoms with Crippen LogP contribution in [0.4, 0.5) is 11.4 Å². The Bertz CT molecular complexity index is 1410. The standard InChI is InChI=1S/C34H50ClN7O4/c1-4-30-29(32(38-27-16-21-46-22-17-27)28-23-36-42(5-2)33(28)39-30)24-41(35)34(45)25-12-14-26(15-13-25)37-31(44)11-9-7-6-8-10-18-40(3)19-20-43/h12-15,23,27,43H,4-11,16-22,24H2,1-3H3,(H,37,44)(H,38,39). The molecule has 1 saturated heterocycles. The number of fused-ring (bicyclic) bond motifs is 1. The van der Waals surface area contributed by atoms with Gasteiger partial charge in [0.15, 0.2) is 5.65 Å². The summed E-state index contributed by atoms with van der Waals surface area (Å²) >= 11 is 6.69. The van der Waals surface area contributed by atoms with E-state index in [1.54, 1.807) is 24.3 Å². The average molecular weight is 656 g/mol. The van der Waals surface area contributed by atoms with E-state index in [1.807, 2.05) is 24.9 Å². The molecule has 1 fully saturated rings. The number of aliphatic hydroxyl groups excluding tert-OH is 1. The van der Waals surface area contributed by atoms with Crippen molar-refractivity contribution < 1.29 is 19.4 Å². The molecule has 1 aliphatic rings. The number of halogens is 1. The predicted molar refractivity (Wildman–Crippen MR) is 183 cm³/mol. The number of carbonyl (C=O) groups excluding carboxylic acids is 2. The summed E-state index contributed by atoms with van der Waals surface area (Å²) in [5.74, 6) is -0.364. The van der Waals surface area contributed by atoms with Gasteiger partial charge in [0, 0.05) is 73.1 Å². The topological polar surface area (TPSA) is 125 Å². The summed E-state index contributed by atoms with van der Waals surface area (Å²) in [5, 5.41) is 21.1. The highest BCUT2D eigenvalue weighted by Crippen LogP contribution is 2.33. The van der Waals surface area contributed by atoms with E-state index in [-0.39, 0.29) is 31.0 Å². The number of carbonyl (C=O) groups is 2. The van der Waals surface area contributed by atoms with Crippen molar-refractivity contribution in [3.8, 4) is 0 Å². The summed E-state index contributed by atoms with van der Waals surface area (Å²) in [4.78, 5) is 33.0. The maximum Gasteiger partial charge on any atom is 0.268 e. The van der Waals surface area contributed by atoms with E-state index >= 15 is 0 Å². The smallest absolute Gasteiger partial charge is 0.268 e. The molecule has 3 N–H and O–H groups in total. The number of hydrogen-bond acceptors (Lipinski definition) is 8. The maximum absolute atomic E-state index is 13.4.